The van der Waals surface area contributed by atoms with Crippen LogP contribution in [0.1, 0.15) is 35.3 Å². The number of nitrogens with one attached hydrogen (secondary N) is 2. The zero-order valence-corrected chi connectivity index (χ0v) is 16.6. The summed E-state index contributed by atoms with van der Waals surface area (Å²) >= 11 is 0. The Hall–Kier alpha value is -3.15. The lowest BCUT2D eigenvalue weighted by Crippen LogP contribution is -2.55. The summed E-state index contributed by atoms with van der Waals surface area (Å²) in [7, 11) is 0. The normalized spacial score (nSPS) is 16.5. The van der Waals surface area contributed by atoms with Crippen molar-refractivity contribution in [2.24, 2.45) is 5.92 Å². The topological polar surface area (TPSA) is 78.5 Å². The number of anilines is 2. The Balaban J connectivity index is 2.17. The monoisotopic (exact) mass is 379 g/mol. The molecular weight excluding hydrogens is 354 g/mol. The minimum atomic E-state index is -1.29. The van der Waals surface area contributed by atoms with Crippen molar-refractivity contribution in [3.05, 3.63) is 59.2 Å². The van der Waals surface area contributed by atoms with Crippen LogP contribution in [0.5, 0.6) is 0 Å². The second-order valence-corrected chi connectivity index (χ2v) is 7.49. The fourth-order valence-electron chi connectivity index (χ4n) is 3.40. The van der Waals surface area contributed by atoms with E-state index in [9.17, 15) is 14.4 Å². The molecule has 0 fully saturated rings. The number of benzene rings is 2. The fraction of sp³-hybridized carbons (Fsp3) is 0.318. The molecular formula is C22H25N3O3. The van der Waals surface area contributed by atoms with Crippen LogP contribution in [0, 0.1) is 19.8 Å². The van der Waals surface area contributed by atoms with Crippen LogP contribution in [0.2, 0.25) is 0 Å². The van der Waals surface area contributed by atoms with E-state index < -0.39 is 17.9 Å². The summed E-state index contributed by atoms with van der Waals surface area (Å²) in [6, 6.07) is 11.1. The fourth-order valence-corrected chi connectivity index (χ4v) is 3.40. The van der Waals surface area contributed by atoms with Gasteiger partial charge in [-0.05, 0) is 43.0 Å². The van der Waals surface area contributed by atoms with Gasteiger partial charge in [-0.1, -0.05) is 44.2 Å². The third-order valence-corrected chi connectivity index (χ3v) is 4.75. The van der Waals surface area contributed by atoms with Gasteiger partial charge >= 0.3 is 0 Å². The van der Waals surface area contributed by atoms with E-state index in [1.807, 2.05) is 45.9 Å². The first-order valence-electron chi connectivity index (χ1n) is 9.38. The van der Waals surface area contributed by atoms with Gasteiger partial charge in [0, 0.05) is 6.54 Å². The summed E-state index contributed by atoms with van der Waals surface area (Å²) in [5.41, 5.74) is 3.00. The third kappa shape index (κ3) is 3.63. The predicted molar refractivity (Wildman–Crippen MR) is 109 cm³/mol. The van der Waals surface area contributed by atoms with Crippen LogP contribution in [0.3, 0.4) is 0 Å². The number of aryl methyl sites for hydroxylation is 2. The van der Waals surface area contributed by atoms with Gasteiger partial charge in [0.15, 0.2) is 6.04 Å². The van der Waals surface area contributed by atoms with E-state index in [-0.39, 0.29) is 11.8 Å². The molecule has 28 heavy (non-hydrogen) atoms. The largest absolute Gasteiger partial charge is 0.354 e. The highest BCUT2D eigenvalue weighted by molar-refractivity contribution is 6.25. The molecule has 1 aliphatic rings. The molecule has 2 aromatic rings. The minimum Gasteiger partial charge on any atom is -0.354 e. The Morgan fingerprint density at radius 3 is 2.36 bits per heavy atom. The molecule has 6 heteroatoms. The van der Waals surface area contributed by atoms with Crippen LogP contribution in [0.15, 0.2) is 42.5 Å². The minimum absolute atomic E-state index is 0.222. The number of amides is 3. The summed E-state index contributed by atoms with van der Waals surface area (Å²) in [4.78, 5) is 40.9. The van der Waals surface area contributed by atoms with Gasteiger partial charge in [-0.2, -0.15) is 0 Å². The van der Waals surface area contributed by atoms with Gasteiger partial charge in [-0.3, -0.25) is 19.3 Å². The lowest BCUT2D eigenvalue weighted by molar-refractivity contribution is -0.128. The van der Waals surface area contributed by atoms with Crippen LogP contribution < -0.4 is 15.5 Å². The Kier molecular flexibility index (Phi) is 5.49. The Labute approximate surface area is 164 Å². The van der Waals surface area contributed by atoms with Crippen molar-refractivity contribution in [1.29, 1.82) is 0 Å². The molecule has 2 aromatic carbocycles. The van der Waals surface area contributed by atoms with Gasteiger partial charge in [0.05, 0.1) is 16.9 Å². The molecule has 3 amide bonds. The molecule has 1 unspecified atom stereocenters. The summed E-state index contributed by atoms with van der Waals surface area (Å²) < 4.78 is 0. The van der Waals surface area contributed by atoms with Gasteiger partial charge < -0.3 is 10.6 Å². The summed E-state index contributed by atoms with van der Waals surface area (Å²) in [5, 5.41) is 5.55. The number of carbonyl (C=O) groups is 3. The summed E-state index contributed by atoms with van der Waals surface area (Å²) in [6.45, 7) is 8.10. The van der Waals surface area contributed by atoms with Crippen LogP contribution in [-0.2, 0) is 9.59 Å². The summed E-state index contributed by atoms with van der Waals surface area (Å²) in [5.74, 6) is -1.17. The van der Waals surface area contributed by atoms with E-state index >= 15 is 0 Å². The van der Waals surface area contributed by atoms with E-state index in [4.69, 9.17) is 0 Å². The first-order chi connectivity index (χ1) is 13.3. The smallest absolute Gasteiger partial charge is 0.261 e. The van der Waals surface area contributed by atoms with Gasteiger partial charge in [-0.25, -0.2) is 0 Å². The zero-order valence-electron chi connectivity index (χ0n) is 16.6. The lowest BCUT2D eigenvalue weighted by Gasteiger charge is -2.30. The number of rotatable bonds is 4. The number of carbonyl (C=O) groups excluding carboxylic acids is 3. The van der Waals surface area contributed by atoms with E-state index in [2.05, 4.69) is 10.6 Å². The predicted octanol–water partition coefficient (Wildman–Crippen LogP) is 3.04. The molecule has 0 bridgehead atoms. The van der Waals surface area contributed by atoms with Crippen molar-refractivity contribution in [1.82, 2.24) is 5.32 Å². The highest BCUT2D eigenvalue weighted by atomic mass is 16.2. The third-order valence-electron chi connectivity index (χ3n) is 4.75. The Morgan fingerprint density at radius 1 is 1.07 bits per heavy atom. The van der Waals surface area contributed by atoms with Crippen LogP contribution >= 0.6 is 0 Å². The van der Waals surface area contributed by atoms with Crippen molar-refractivity contribution >= 4 is 29.1 Å². The molecule has 6 nitrogen and oxygen atoms in total. The molecule has 0 saturated heterocycles. The Morgan fingerprint density at radius 2 is 1.71 bits per heavy atom. The quantitative estimate of drug-likeness (QED) is 0.802. The molecule has 1 aliphatic heterocycles. The molecule has 0 radical (unpaired) electrons. The van der Waals surface area contributed by atoms with Crippen molar-refractivity contribution in [3.8, 4) is 0 Å². The van der Waals surface area contributed by atoms with Gasteiger partial charge in [0.1, 0.15) is 0 Å². The van der Waals surface area contributed by atoms with Crippen LogP contribution in [-0.4, -0.2) is 30.3 Å². The van der Waals surface area contributed by atoms with Crippen molar-refractivity contribution in [2.45, 2.75) is 33.7 Å². The molecule has 1 heterocycles. The number of para-hydroxylation sites is 2. The molecule has 0 spiro atoms. The van der Waals surface area contributed by atoms with Crippen molar-refractivity contribution in [3.63, 3.8) is 0 Å². The van der Waals surface area contributed by atoms with Gasteiger partial charge in [0.2, 0.25) is 0 Å². The number of hydrogen-bond donors (Lipinski definition) is 2. The standard InChI is InChI=1S/C22H25N3O3/c1-13(2)12-23-20(26)19-21(27)24-17-11-6-5-10-16(17)22(28)25(19)18-14(3)8-7-9-15(18)4/h5-11,13,19H,12H2,1-4H3,(H,23,26)(H,24,27). The zero-order chi connectivity index (χ0) is 20.4. The molecule has 1 atom stereocenters. The maximum Gasteiger partial charge on any atom is 0.261 e. The second-order valence-electron chi connectivity index (χ2n) is 7.49. The highest BCUT2D eigenvalue weighted by Crippen LogP contribution is 2.32. The van der Waals surface area contributed by atoms with Crippen molar-refractivity contribution < 1.29 is 14.4 Å². The SMILES string of the molecule is Cc1cccc(C)c1N1C(=O)c2ccccc2NC(=O)C1C(=O)NCC(C)C. The maximum absolute atomic E-state index is 13.5. The lowest BCUT2D eigenvalue weighted by atomic mass is 10.0. The average molecular weight is 379 g/mol. The van der Waals surface area contributed by atoms with Crippen molar-refractivity contribution in [2.75, 3.05) is 16.8 Å². The second kappa shape index (κ2) is 7.84. The van der Waals surface area contributed by atoms with E-state index in [0.717, 1.165) is 11.1 Å². The van der Waals surface area contributed by atoms with E-state index in [1.165, 1.54) is 4.90 Å². The Bertz CT molecular complexity index is 916. The number of fused-ring (bicyclic) bond motifs is 1. The summed E-state index contributed by atoms with van der Waals surface area (Å²) in [6.07, 6.45) is 0. The molecule has 0 aliphatic carbocycles. The molecule has 3 rings (SSSR count). The molecule has 2 N–H and O–H groups in total. The first-order valence-corrected chi connectivity index (χ1v) is 9.38. The molecule has 0 aromatic heterocycles. The van der Waals surface area contributed by atoms with E-state index in [0.29, 0.717) is 23.5 Å². The van der Waals surface area contributed by atoms with Gasteiger partial charge in [-0.15, -0.1) is 0 Å². The number of hydrogen-bond acceptors (Lipinski definition) is 3. The first kappa shape index (κ1) is 19.6. The highest BCUT2D eigenvalue weighted by Gasteiger charge is 2.41. The van der Waals surface area contributed by atoms with Crippen LogP contribution in [0.4, 0.5) is 11.4 Å². The van der Waals surface area contributed by atoms with Crippen LogP contribution in [0.25, 0.3) is 0 Å². The molecule has 0 saturated carbocycles. The number of nitrogens with zero attached hydrogens (tertiary/aromatic N) is 1. The van der Waals surface area contributed by atoms with Gasteiger partial charge in [0.25, 0.3) is 17.7 Å². The maximum atomic E-state index is 13.5. The average Bonchev–Trinajstić information content (AvgIpc) is 2.75. The molecule has 146 valence electrons. The van der Waals surface area contributed by atoms with E-state index in [1.54, 1.807) is 24.3 Å².